The summed E-state index contributed by atoms with van der Waals surface area (Å²) in [7, 11) is 1.55. The van der Waals surface area contributed by atoms with Crippen molar-refractivity contribution < 1.29 is 14.6 Å². The minimum atomic E-state index is -0.921. The lowest BCUT2D eigenvalue weighted by Gasteiger charge is -2.07. The third-order valence-electron chi connectivity index (χ3n) is 2.44. The zero-order chi connectivity index (χ0) is 10.8. The van der Waals surface area contributed by atoms with Gasteiger partial charge < -0.3 is 9.84 Å². The van der Waals surface area contributed by atoms with Crippen LogP contribution in [0.1, 0.15) is 23.5 Å². The van der Waals surface area contributed by atoms with Crippen LogP contribution in [0.4, 0.5) is 0 Å². The number of aromatic nitrogens is 2. The van der Waals surface area contributed by atoms with Crippen LogP contribution in [0.15, 0.2) is 0 Å². The third kappa shape index (κ3) is 1.91. The van der Waals surface area contributed by atoms with E-state index in [2.05, 4.69) is 9.97 Å². The number of aliphatic carboxylic acids is 1. The molecule has 0 atom stereocenters. The molecule has 0 bridgehead atoms. The van der Waals surface area contributed by atoms with E-state index in [-0.39, 0.29) is 6.42 Å². The summed E-state index contributed by atoms with van der Waals surface area (Å²) in [6.45, 7) is 0. The number of nitrogens with zero attached hydrogens (tertiary/aromatic N) is 2. The average Bonchev–Trinajstić information content (AvgIpc) is 2.63. The van der Waals surface area contributed by atoms with Crippen molar-refractivity contribution in [2.24, 2.45) is 0 Å². The summed E-state index contributed by atoms with van der Waals surface area (Å²) < 4.78 is 5.14. The summed E-state index contributed by atoms with van der Waals surface area (Å²) in [5.74, 6) is -0.0521. The topological polar surface area (TPSA) is 72.3 Å². The van der Waals surface area contributed by atoms with Gasteiger partial charge in [-0.25, -0.2) is 4.98 Å². The van der Waals surface area contributed by atoms with Crippen LogP contribution in [-0.4, -0.2) is 28.2 Å². The zero-order valence-corrected chi connectivity index (χ0v) is 8.49. The second-order valence-electron chi connectivity index (χ2n) is 3.50. The van der Waals surface area contributed by atoms with E-state index in [0.717, 1.165) is 30.5 Å². The van der Waals surface area contributed by atoms with Gasteiger partial charge in [-0.05, 0) is 19.3 Å². The van der Waals surface area contributed by atoms with Gasteiger partial charge in [-0.1, -0.05) is 0 Å². The normalized spacial score (nSPS) is 13.7. The maximum atomic E-state index is 10.5. The molecule has 1 aliphatic rings. The fraction of sp³-hybridized carbons (Fsp3) is 0.500. The Labute approximate surface area is 87.1 Å². The summed E-state index contributed by atoms with van der Waals surface area (Å²) in [6.07, 6.45) is 2.70. The Morgan fingerprint density at radius 3 is 2.93 bits per heavy atom. The van der Waals surface area contributed by atoms with Gasteiger partial charge in [-0.3, -0.25) is 4.79 Å². The Bertz CT molecular complexity index is 404. The SMILES string of the molecule is COc1nc(CC(=O)O)nc2c1CCC2. The first-order chi connectivity index (χ1) is 7.20. The van der Waals surface area contributed by atoms with E-state index in [9.17, 15) is 4.79 Å². The first kappa shape index (κ1) is 9.89. The van der Waals surface area contributed by atoms with Gasteiger partial charge in [0.2, 0.25) is 5.88 Å². The molecular formula is C10H12N2O3. The Balaban J connectivity index is 2.38. The number of hydrogen-bond acceptors (Lipinski definition) is 4. The minimum absolute atomic E-state index is 0.149. The highest BCUT2D eigenvalue weighted by atomic mass is 16.5. The number of carboxylic acid groups (broad SMARTS) is 1. The summed E-state index contributed by atoms with van der Waals surface area (Å²) in [6, 6.07) is 0. The van der Waals surface area contributed by atoms with E-state index >= 15 is 0 Å². The fourth-order valence-electron chi connectivity index (χ4n) is 1.83. The number of rotatable bonds is 3. The summed E-state index contributed by atoms with van der Waals surface area (Å²) in [5, 5.41) is 8.66. The van der Waals surface area contributed by atoms with Crippen LogP contribution in [0, 0.1) is 0 Å². The molecule has 2 rings (SSSR count). The van der Waals surface area contributed by atoms with Gasteiger partial charge in [0, 0.05) is 5.56 Å². The van der Waals surface area contributed by atoms with Crippen LogP contribution in [0.3, 0.4) is 0 Å². The van der Waals surface area contributed by atoms with Crippen LogP contribution in [-0.2, 0) is 24.1 Å². The first-order valence-electron chi connectivity index (χ1n) is 4.85. The van der Waals surface area contributed by atoms with E-state index in [0.29, 0.717) is 11.7 Å². The number of carbonyl (C=O) groups is 1. The Hall–Kier alpha value is -1.65. The number of methoxy groups -OCH3 is 1. The molecule has 0 spiro atoms. The number of carboxylic acids is 1. The molecule has 1 aromatic rings. The Kier molecular flexibility index (Phi) is 2.53. The molecule has 5 nitrogen and oxygen atoms in total. The van der Waals surface area contributed by atoms with Crippen molar-refractivity contribution in [3.05, 3.63) is 17.1 Å². The molecule has 5 heteroatoms. The second kappa shape index (κ2) is 3.84. The van der Waals surface area contributed by atoms with Crippen molar-refractivity contribution in [3.8, 4) is 5.88 Å². The number of hydrogen-bond donors (Lipinski definition) is 1. The van der Waals surface area contributed by atoms with Crippen LogP contribution in [0.2, 0.25) is 0 Å². The van der Waals surface area contributed by atoms with Crippen molar-refractivity contribution in [1.82, 2.24) is 9.97 Å². The van der Waals surface area contributed by atoms with E-state index < -0.39 is 5.97 Å². The maximum Gasteiger partial charge on any atom is 0.311 e. The number of ether oxygens (including phenoxy) is 1. The first-order valence-corrected chi connectivity index (χ1v) is 4.85. The Morgan fingerprint density at radius 1 is 1.47 bits per heavy atom. The van der Waals surface area contributed by atoms with E-state index in [1.54, 1.807) is 7.11 Å². The van der Waals surface area contributed by atoms with Crippen molar-refractivity contribution >= 4 is 5.97 Å². The van der Waals surface area contributed by atoms with Gasteiger partial charge in [0.1, 0.15) is 12.2 Å². The molecule has 0 radical (unpaired) electrons. The molecule has 0 amide bonds. The third-order valence-corrected chi connectivity index (χ3v) is 2.44. The van der Waals surface area contributed by atoms with Gasteiger partial charge in [0.25, 0.3) is 0 Å². The van der Waals surface area contributed by atoms with Crippen LogP contribution in [0.5, 0.6) is 5.88 Å². The number of aryl methyl sites for hydroxylation is 1. The standard InChI is InChI=1S/C10H12N2O3/c1-15-10-6-3-2-4-7(6)11-8(12-10)5-9(13)14/h2-5H2,1H3,(H,13,14). The number of fused-ring (bicyclic) bond motifs is 1. The van der Waals surface area contributed by atoms with E-state index in [1.807, 2.05) is 0 Å². The highest BCUT2D eigenvalue weighted by molar-refractivity contribution is 5.69. The zero-order valence-electron chi connectivity index (χ0n) is 8.49. The van der Waals surface area contributed by atoms with Crippen molar-refractivity contribution in [3.63, 3.8) is 0 Å². The predicted octanol–water partition coefficient (Wildman–Crippen LogP) is 0.601. The highest BCUT2D eigenvalue weighted by Gasteiger charge is 2.20. The fourth-order valence-corrected chi connectivity index (χ4v) is 1.83. The van der Waals surface area contributed by atoms with Crippen molar-refractivity contribution in [2.75, 3.05) is 7.11 Å². The van der Waals surface area contributed by atoms with Crippen molar-refractivity contribution in [2.45, 2.75) is 25.7 Å². The highest BCUT2D eigenvalue weighted by Crippen LogP contribution is 2.27. The van der Waals surface area contributed by atoms with E-state index in [4.69, 9.17) is 9.84 Å². The smallest absolute Gasteiger partial charge is 0.311 e. The molecule has 0 fully saturated rings. The molecule has 15 heavy (non-hydrogen) atoms. The summed E-state index contributed by atoms with van der Waals surface area (Å²) >= 11 is 0. The van der Waals surface area contributed by atoms with Gasteiger partial charge in [-0.2, -0.15) is 4.98 Å². The largest absolute Gasteiger partial charge is 0.481 e. The summed E-state index contributed by atoms with van der Waals surface area (Å²) in [4.78, 5) is 18.9. The lowest BCUT2D eigenvalue weighted by atomic mass is 10.2. The summed E-state index contributed by atoms with van der Waals surface area (Å²) in [5.41, 5.74) is 1.98. The predicted molar refractivity (Wildman–Crippen MR) is 51.9 cm³/mol. The second-order valence-corrected chi connectivity index (χ2v) is 3.50. The molecule has 0 saturated heterocycles. The quantitative estimate of drug-likeness (QED) is 0.787. The Morgan fingerprint density at radius 2 is 2.27 bits per heavy atom. The van der Waals surface area contributed by atoms with Crippen LogP contribution in [0.25, 0.3) is 0 Å². The molecule has 1 aliphatic carbocycles. The van der Waals surface area contributed by atoms with Crippen molar-refractivity contribution in [1.29, 1.82) is 0 Å². The van der Waals surface area contributed by atoms with Gasteiger partial charge >= 0.3 is 5.97 Å². The minimum Gasteiger partial charge on any atom is -0.481 e. The molecule has 0 aromatic carbocycles. The van der Waals surface area contributed by atoms with Gasteiger partial charge in [0.15, 0.2) is 0 Å². The molecule has 1 aromatic heterocycles. The maximum absolute atomic E-state index is 10.5. The van der Waals surface area contributed by atoms with Crippen LogP contribution >= 0.6 is 0 Å². The molecule has 0 aliphatic heterocycles. The van der Waals surface area contributed by atoms with Gasteiger partial charge in [0.05, 0.1) is 12.8 Å². The lowest BCUT2D eigenvalue weighted by Crippen LogP contribution is -2.08. The monoisotopic (exact) mass is 208 g/mol. The average molecular weight is 208 g/mol. The lowest BCUT2D eigenvalue weighted by molar-refractivity contribution is -0.136. The molecule has 0 saturated carbocycles. The molecule has 0 unspecified atom stereocenters. The molecule has 1 N–H and O–H groups in total. The molecule has 80 valence electrons. The molecule has 1 heterocycles. The molecular weight excluding hydrogens is 196 g/mol. The van der Waals surface area contributed by atoms with Gasteiger partial charge in [-0.15, -0.1) is 0 Å². The van der Waals surface area contributed by atoms with E-state index in [1.165, 1.54) is 0 Å². The van der Waals surface area contributed by atoms with Crippen LogP contribution < -0.4 is 4.74 Å².